The summed E-state index contributed by atoms with van der Waals surface area (Å²) in [6, 6.07) is 7.80. The molecular weight excluding hydrogens is 400 g/mol. The molecule has 0 radical (unpaired) electrons. The van der Waals surface area contributed by atoms with Gasteiger partial charge in [0.05, 0.1) is 32.1 Å². The third kappa shape index (κ3) is 4.49. The van der Waals surface area contributed by atoms with Gasteiger partial charge in [-0.05, 0) is 44.4 Å². The molecule has 0 saturated heterocycles. The summed E-state index contributed by atoms with van der Waals surface area (Å²) in [5, 5.41) is 10.7. The highest BCUT2D eigenvalue weighted by atomic mass is 16.5. The first-order chi connectivity index (χ1) is 14.9. The molecule has 164 valence electrons. The van der Waals surface area contributed by atoms with Gasteiger partial charge in [-0.3, -0.25) is 9.59 Å². The molecule has 1 atom stereocenters. The number of furan rings is 1. The van der Waals surface area contributed by atoms with Gasteiger partial charge in [-0.2, -0.15) is 0 Å². The van der Waals surface area contributed by atoms with Crippen LogP contribution in [0.5, 0.6) is 11.5 Å². The molecule has 2 heterocycles. The molecule has 1 N–H and O–H groups in total. The molecule has 0 aliphatic carbocycles. The average Bonchev–Trinajstić information content (AvgIpc) is 3.36. The second-order valence-corrected chi connectivity index (χ2v) is 7.26. The molecule has 1 aliphatic heterocycles. The first kappa shape index (κ1) is 22.2. The summed E-state index contributed by atoms with van der Waals surface area (Å²) >= 11 is 0. The molecule has 0 saturated carbocycles. The van der Waals surface area contributed by atoms with Gasteiger partial charge in [-0.1, -0.05) is 12.1 Å². The van der Waals surface area contributed by atoms with E-state index in [0.29, 0.717) is 35.9 Å². The largest absolute Gasteiger partial charge is 0.503 e. The summed E-state index contributed by atoms with van der Waals surface area (Å²) in [6.45, 7) is 0.852. The molecule has 1 unspecified atom stereocenters. The quantitative estimate of drug-likeness (QED) is 0.617. The van der Waals surface area contributed by atoms with Crippen molar-refractivity contribution in [3.63, 3.8) is 0 Å². The number of ether oxygens (including phenoxy) is 2. The number of ketones is 1. The summed E-state index contributed by atoms with van der Waals surface area (Å²) in [6.07, 6.45) is 4.27. The minimum Gasteiger partial charge on any atom is -0.503 e. The molecule has 1 aliphatic rings. The molecule has 3 rings (SSSR count). The van der Waals surface area contributed by atoms with E-state index in [2.05, 4.69) is 0 Å². The van der Waals surface area contributed by atoms with Crippen molar-refractivity contribution in [2.24, 2.45) is 0 Å². The van der Waals surface area contributed by atoms with Gasteiger partial charge in [-0.25, -0.2) is 0 Å². The number of hydrogen-bond donors (Lipinski definition) is 1. The molecule has 1 amide bonds. The van der Waals surface area contributed by atoms with Crippen molar-refractivity contribution < 1.29 is 28.6 Å². The van der Waals surface area contributed by atoms with Gasteiger partial charge in [0.2, 0.25) is 0 Å². The Morgan fingerprint density at radius 3 is 2.61 bits per heavy atom. The molecule has 0 bridgehead atoms. The lowest BCUT2D eigenvalue weighted by Gasteiger charge is -2.29. The highest BCUT2D eigenvalue weighted by Gasteiger charge is 2.44. The second-order valence-electron chi connectivity index (χ2n) is 7.26. The number of carbonyl (C=O) groups is 2. The summed E-state index contributed by atoms with van der Waals surface area (Å²) in [4.78, 5) is 29.4. The Morgan fingerprint density at radius 1 is 1.23 bits per heavy atom. The Bertz CT molecular complexity index is 1010. The van der Waals surface area contributed by atoms with Crippen LogP contribution in [0.4, 0.5) is 0 Å². The minimum atomic E-state index is -0.828. The fourth-order valence-electron chi connectivity index (χ4n) is 3.53. The van der Waals surface area contributed by atoms with Crippen LogP contribution in [0.3, 0.4) is 0 Å². The fourth-order valence-corrected chi connectivity index (χ4v) is 3.53. The van der Waals surface area contributed by atoms with Crippen molar-refractivity contribution in [3.05, 3.63) is 65.3 Å². The van der Waals surface area contributed by atoms with E-state index in [0.717, 1.165) is 0 Å². The van der Waals surface area contributed by atoms with Gasteiger partial charge in [0.15, 0.2) is 23.0 Å². The Labute approximate surface area is 181 Å². The number of methoxy groups -OCH3 is 2. The van der Waals surface area contributed by atoms with E-state index in [1.165, 1.54) is 37.5 Å². The van der Waals surface area contributed by atoms with Gasteiger partial charge in [0.1, 0.15) is 5.76 Å². The third-order valence-electron chi connectivity index (χ3n) is 5.03. The maximum absolute atomic E-state index is 13.1. The van der Waals surface area contributed by atoms with Gasteiger partial charge in [-0.15, -0.1) is 0 Å². The Balaban J connectivity index is 2.08. The highest BCUT2D eigenvalue weighted by Crippen LogP contribution is 2.44. The van der Waals surface area contributed by atoms with Gasteiger partial charge >= 0.3 is 0 Å². The van der Waals surface area contributed by atoms with Crippen LogP contribution in [0.15, 0.2) is 58.4 Å². The zero-order valence-corrected chi connectivity index (χ0v) is 18.0. The van der Waals surface area contributed by atoms with Crippen LogP contribution >= 0.6 is 0 Å². The predicted octanol–water partition coefficient (Wildman–Crippen LogP) is 2.84. The zero-order chi connectivity index (χ0) is 22.5. The average molecular weight is 426 g/mol. The summed E-state index contributed by atoms with van der Waals surface area (Å²) in [5.74, 6) is -0.326. The van der Waals surface area contributed by atoms with Gasteiger partial charge in [0, 0.05) is 18.7 Å². The number of amides is 1. The first-order valence-corrected chi connectivity index (χ1v) is 9.74. The Kier molecular flexibility index (Phi) is 6.81. The predicted molar refractivity (Wildman–Crippen MR) is 115 cm³/mol. The number of para-hydroxylation sites is 1. The number of nitrogens with zero attached hydrogens (tertiary/aromatic N) is 2. The number of allylic oxidation sites excluding steroid dienone is 1. The van der Waals surface area contributed by atoms with Crippen molar-refractivity contribution in [3.8, 4) is 11.5 Å². The van der Waals surface area contributed by atoms with Crippen molar-refractivity contribution >= 4 is 17.8 Å². The lowest BCUT2D eigenvalue weighted by Crippen LogP contribution is -2.36. The van der Waals surface area contributed by atoms with Crippen molar-refractivity contribution in [1.29, 1.82) is 0 Å². The summed E-state index contributed by atoms with van der Waals surface area (Å²) in [7, 11) is 6.77. The number of carbonyl (C=O) groups excluding carboxylic acids is 2. The van der Waals surface area contributed by atoms with E-state index in [4.69, 9.17) is 13.9 Å². The highest BCUT2D eigenvalue weighted by molar-refractivity contribution is 6.14. The van der Waals surface area contributed by atoms with Gasteiger partial charge in [0.25, 0.3) is 5.91 Å². The topological polar surface area (TPSA) is 92.5 Å². The number of aliphatic hydroxyl groups excluding tert-OH is 1. The molecule has 2 aromatic rings. The lowest BCUT2D eigenvalue weighted by atomic mass is 9.94. The molecule has 8 nitrogen and oxygen atoms in total. The molecule has 0 spiro atoms. The number of likely N-dealkylation sites (N-methyl/N-ethyl adjacent to an activating group) is 1. The fraction of sp³-hybridized carbons (Fsp3) is 0.304. The van der Waals surface area contributed by atoms with Crippen molar-refractivity contribution in [2.45, 2.75) is 6.04 Å². The number of aliphatic hydroxyl groups is 1. The summed E-state index contributed by atoms with van der Waals surface area (Å²) < 4.78 is 16.2. The van der Waals surface area contributed by atoms with Crippen LogP contribution in [0, 0.1) is 0 Å². The van der Waals surface area contributed by atoms with E-state index in [1.807, 2.05) is 19.0 Å². The maximum Gasteiger partial charge on any atom is 0.290 e. The number of hydrogen-bond acceptors (Lipinski definition) is 7. The molecular formula is C23H26N2O6. The van der Waals surface area contributed by atoms with Crippen LogP contribution in [-0.2, 0) is 9.59 Å². The van der Waals surface area contributed by atoms with E-state index >= 15 is 0 Å². The summed E-state index contributed by atoms with van der Waals surface area (Å²) in [5.41, 5.74) is 0.533. The normalized spacial score (nSPS) is 16.6. The van der Waals surface area contributed by atoms with Crippen LogP contribution in [0.1, 0.15) is 17.4 Å². The Morgan fingerprint density at radius 2 is 2.00 bits per heavy atom. The maximum atomic E-state index is 13.1. The van der Waals surface area contributed by atoms with Crippen LogP contribution in [0.2, 0.25) is 0 Å². The molecule has 8 heteroatoms. The number of rotatable bonds is 9. The Hall–Kier alpha value is -3.52. The van der Waals surface area contributed by atoms with E-state index in [9.17, 15) is 14.7 Å². The standard InChI is InChI=1S/C23H26N2O6/c1-24(2)12-13-25-20(16-8-5-9-18(29-3)22(16)30-4)19(21(27)23(25)28)17(26)11-10-15-7-6-14-31-15/h5-11,14,20,27H,12-13H2,1-4H3/b11-10+. The van der Waals surface area contributed by atoms with E-state index < -0.39 is 23.5 Å². The van der Waals surface area contributed by atoms with Crippen LogP contribution in [0.25, 0.3) is 6.08 Å². The molecule has 0 fully saturated rings. The van der Waals surface area contributed by atoms with E-state index in [1.54, 1.807) is 30.3 Å². The second kappa shape index (κ2) is 9.53. The lowest BCUT2D eigenvalue weighted by molar-refractivity contribution is -0.129. The SMILES string of the molecule is COc1cccc(C2C(C(=O)/C=C/c3ccco3)=C(O)C(=O)N2CCN(C)C)c1OC. The number of benzene rings is 1. The van der Waals surface area contributed by atoms with Gasteiger partial charge < -0.3 is 28.8 Å². The van der Waals surface area contributed by atoms with Crippen molar-refractivity contribution in [1.82, 2.24) is 9.80 Å². The van der Waals surface area contributed by atoms with Crippen LogP contribution in [-0.4, -0.2) is 68.0 Å². The first-order valence-electron chi connectivity index (χ1n) is 9.74. The minimum absolute atomic E-state index is 0.0156. The third-order valence-corrected chi connectivity index (χ3v) is 5.03. The monoisotopic (exact) mass is 426 g/mol. The zero-order valence-electron chi connectivity index (χ0n) is 18.0. The molecule has 1 aromatic carbocycles. The van der Waals surface area contributed by atoms with Crippen molar-refractivity contribution in [2.75, 3.05) is 41.4 Å². The smallest absolute Gasteiger partial charge is 0.290 e. The van der Waals surface area contributed by atoms with Crippen LogP contribution < -0.4 is 9.47 Å². The molecule has 31 heavy (non-hydrogen) atoms. The van der Waals surface area contributed by atoms with E-state index in [-0.39, 0.29) is 5.57 Å². The molecule has 1 aromatic heterocycles.